The average molecular weight is 294 g/mol. The lowest BCUT2D eigenvalue weighted by Gasteiger charge is -2.45. The van der Waals surface area contributed by atoms with Crippen molar-refractivity contribution in [2.24, 2.45) is 11.3 Å². The van der Waals surface area contributed by atoms with Gasteiger partial charge in [0, 0.05) is 26.2 Å². The van der Waals surface area contributed by atoms with Gasteiger partial charge in [-0.05, 0) is 38.0 Å². The molecule has 3 heterocycles. The number of likely N-dealkylation sites (tertiary alicyclic amines) is 1. The molecule has 0 aromatic heterocycles. The van der Waals surface area contributed by atoms with E-state index in [1.807, 2.05) is 0 Å². The van der Waals surface area contributed by atoms with Gasteiger partial charge in [0.2, 0.25) is 0 Å². The molecule has 5 heteroatoms. The van der Waals surface area contributed by atoms with Gasteiger partial charge in [-0.25, -0.2) is 5.06 Å². The number of hydrogen-bond acceptors (Lipinski definition) is 4. The molecule has 4 fully saturated rings. The van der Waals surface area contributed by atoms with E-state index in [1.54, 1.807) is 5.06 Å². The molecule has 3 aliphatic heterocycles. The smallest absolute Gasteiger partial charge is 0.256 e. The molecule has 2 atom stereocenters. The number of nitrogens with zero attached hydrogens (tertiary/aromatic N) is 2. The number of carbonyl (C=O) groups excluding carboxylic acids is 1. The van der Waals surface area contributed by atoms with Crippen LogP contribution in [-0.2, 0) is 14.4 Å². The van der Waals surface area contributed by atoms with E-state index >= 15 is 0 Å². The van der Waals surface area contributed by atoms with Crippen LogP contribution in [-0.4, -0.2) is 61.4 Å². The summed E-state index contributed by atoms with van der Waals surface area (Å²) >= 11 is 0. The number of amides is 1. The zero-order valence-electron chi connectivity index (χ0n) is 12.8. The fraction of sp³-hybridized carbons (Fsp3) is 0.938. The summed E-state index contributed by atoms with van der Waals surface area (Å²) in [5.74, 6) is 1.04. The van der Waals surface area contributed by atoms with Crippen LogP contribution in [0.3, 0.4) is 0 Å². The number of rotatable bonds is 3. The molecule has 0 aromatic carbocycles. The van der Waals surface area contributed by atoms with Gasteiger partial charge in [-0.3, -0.25) is 9.63 Å². The number of piperidine rings is 1. The molecule has 3 saturated heterocycles. The number of fused-ring (bicyclic) bond motifs is 1. The van der Waals surface area contributed by atoms with Crippen molar-refractivity contribution in [3.63, 3.8) is 0 Å². The predicted molar refractivity (Wildman–Crippen MR) is 77.5 cm³/mol. The molecule has 1 amide bonds. The minimum absolute atomic E-state index is 0.104. The van der Waals surface area contributed by atoms with E-state index in [2.05, 4.69) is 4.90 Å². The van der Waals surface area contributed by atoms with E-state index in [4.69, 9.17) is 9.57 Å². The number of ether oxygens (including phenoxy) is 1. The molecule has 0 N–H and O–H groups in total. The van der Waals surface area contributed by atoms with Crippen LogP contribution in [0.1, 0.15) is 38.5 Å². The Bertz CT molecular complexity index is 406. The summed E-state index contributed by atoms with van der Waals surface area (Å²) in [5.41, 5.74) is -0.341. The molecular weight excluding hydrogens is 268 g/mol. The zero-order chi connectivity index (χ0) is 14.3. The Morgan fingerprint density at radius 1 is 1.14 bits per heavy atom. The van der Waals surface area contributed by atoms with Crippen LogP contribution in [0.25, 0.3) is 0 Å². The third kappa shape index (κ3) is 2.39. The molecule has 1 saturated carbocycles. The Morgan fingerprint density at radius 2 is 2.05 bits per heavy atom. The highest BCUT2D eigenvalue weighted by atomic mass is 16.7. The van der Waals surface area contributed by atoms with Crippen molar-refractivity contribution in [3.8, 4) is 0 Å². The maximum atomic E-state index is 13.0. The first-order valence-corrected chi connectivity index (χ1v) is 8.57. The van der Waals surface area contributed by atoms with Crippen molar-refractivity contribution in [1.82, 2.24) is 9.96 Å². The summed E-state index contributed by atoms with van der Waals surface area (Å²) in [5, 5.41) is 1.62. The monoisotopic (exact) mass is 294 g/mol. The second-order valence-corrected chi connectivity index (χ2v) is 7.18. The van der Waals surface area contributed by atoms with Crippen molar-refractivity contribution in [3.05, 3.63) is 0 Å². The maximum absolute atomic E-state index is 13.0. The molecule has 1 aliphatic carbocycles. The van der Waals surface area contributed by atoms with Crippen LogP contribution in [0.2, 0.25) is 0 Å². The molecule has 4 rings (SSSR count). The van der Waals surface area contributed by atoms with Gasteiger partial charge in [-0.1, -0.05) is 6.42 Å². The van der Waals surface area contributed by atoms with Crippen molar-refractivity contribution in [1.29, 1.82) is 0 Å². The van der Waals surface area contributed by atoms with Crippen LogP contribution < -0.4 is 0 Å². The Balaban J connectivity index is 1.49. The Morgan fingerprint density at radius 3 is 2.76 bits per heavy atom. The number of hydroxylamine groups is 2. The zero-order valence-corrected chi connectivity index (χ0v) is 12.8. The van der Waals surface area contributed by atoms with E-state index in [1.165, 1.54) is 25.8 Å². The summed E-state index contributed by atoms with van der Waals surface area (Å²) < 4.78 is 5.90. The van der Waals surface area contributed by atoms with E-state index in [9.17, 15) is 4.79 Å². The highest BCUT2D eigenvalue weighted by Gasteiger charge is 2.55. The predicted octanol–water partition coefficient (Wildman–Crippen LogP) is 1.43. The molecule has 0 spiro atoms. The number of carbonyl (C=O) groups is 1. The van der Waals surface area contributed by atoms with Crippen LogP contribution in [0.5, 0.6) is 0 Å². The van der Waals surface area contributed by atoms with Crippen LogP contribution in [0.4, 0.5) is 0 Å². The lowest BCUT2D eigenvalue weighted by atomic mass is 9.74. The van der Waals surface area contributed by atoms with Crippen LogP contribution in [0.15, 0.2) is 0 Å². The van der Waals surface area contributed by atoms with Gasteiger partial charge in [-0.2, -0.15) is 0 Å². The average Bonchev–Trinajstić information content (AvgIpc) is 3.11. The molecule has 118 valence electrons. The first-order chi connectivity index (χ1) is 10.3. The highest BCUT2D eigenvalue weighted by molar-refractivity contribution is 5.83. The summed E-state index contributed by atoms with van der Waals surface area (Å²) in [4.78, 5) is 21.1. The fourth-order valence-corrected chi connectivity index (χ4v) is 4.39. The third-order valence-electron chi connectivity index (χ3n) is 5.84. The molecule has 21 heavy (non-hydrogen) atoms. The molecule has 5 nitrogen and oxygen atoms in total. The van der Waals surface area contributed by atoms with E-state index in [-0.39, 0.29) is 17.4 Å². The SMILES string of the molecule is O=C(N1CCCO1)[C@@]12CCO[C@@H]1CCN(CC1CCC1)C2. The Labute approximate surface area is 126 Å². The number of hydrogen-bond donors (Lipinski definition) is 0. The van der Waals surface area contributed by atoms with Gasteiger partial charge >= 0.3 is 0 Å². The van der Waals surface area contributed by atoms with E-state index in [0.717, 1.165) is 51.4 Å². The van der Waals surface area contributed by atoms with Gasteiger partial charge in [-0.15, -0.1) is 0 Å². The van der Waals surface area contributed by atoms with Crippen molar-refractivity contribution >= 4 is 5.91 Å². The van der Waals surface area contributed by atoms with Gasteiger partial charge in [0.05, 0.1) is 24.7 Å². The second kappa shape index (κ2) is 5.52. The molecule has 0 radical (unpaired) electrons. The summed E-state index contributed by atoms with van der Waals surface area (Å²) in [6.45, 7) is 5.27. The van der Waals surface area contributed by atoms with Gasteiger partial charge in [0.25, 0.3) is 5.91 Å². The van der Waals surface area contributed by atoms with Gasteiger partial charge in [0.1, 0.15) is 0 Å². The molecule has 0 unspecified atom stereocenters. The normalized spacial score (nSPS) is 37.5. The maximum Gasteiger partial charge on any atom is 0.256 e. The third-order valence-corrected chi connectivity index (χ3v) is 5.84. The van der Waals surface area contributed by atoms with Crippen LogP contribution in [0, 0.1) is 11.3 Å². The molecule has 0 bridgehead atoms. The van der Waals surface area contributed by atoms with Crippen molar-refractivity contribution in [2.45, 2.75) is 44.6 Å². The largest absolute Gasteiger partial charge is 0.377 e. The van der Waals surface area contributed by atoms with Crippen molar-refractivity contribution in [2.75, 3.05) is 39.4 Å². The standard InChI is InChI=1S/C16H26N2O3/c19-15(18-7-2-9-21-18)16-6-10-20-14(16)5-8-17(12-16)11-13-3-1-4-13/h13-14H,1-12H2/t14-,16-/m1/s1. The Kier molecular flexibility index (Phi) is 3.67. The van der Waals surface area contributed by atoms with Crippen molar-refractivity contribution < 1.29 is 14.4 Å². The Hall–Kier alpha value is -0.650. The summed E-state index contributed by atoms with van der Waals surface area (Å²) in [7, 11) is 0. The highest BCUT2D eigenvalue weighted by Crippen LogP contribution is 2.43. The van der Waals surface area contributed by atoms with E-state index < -0.39 is 0 Å². The van der Waals surface area contributed by atoms with E-state index in [0.29, 0.717) is 6.61 Å². The van der Waals surface area contributed by atoms with Gasteiger partial charge < -0.3 is 9.64 Å². The second-order valence-electron chi connectivity index (χ2n) is 7.18. The first kappa shape index (κ1) is 14.0. The minimum Gasteiger partial charge on any atom is -0.377 e. The fourth-order valence-electron chi connectivity index (χ4n) is 4.39. The van der Waals surface area contributed by atoms with Gasteiger partial charge in [0.15, 0.2) is 0 Å². The summed E-state index contributed by atoms with van der Waals surface area (Å²) in [6.07, 6.45) is 7.03. The first-order valence-electron chi connectivity index (χ1n) is 8.57. The summed E-state index contributed by atoms with van der Waals surface area (Å²) in [6, 6.07) is 0. The lowest BCUT2D eigenvalue weighted by molar-refractivity contribution is -0.187. The van der Waals surface area contributed by atoms with Crippen LogP contribution >= 0.6 is 0 Å². The quantitative estimate of drug-likeness (QED) is 0.790. The topological polar surface area (TPSA) is 42.0 Å². The molecule has 4 aliphatic rings. The molecular formula is C16H26N2O3. The lowest BCUT2D eigenvalue weighted by Crippen LogP contribution is -2.58. The molecule has 0 aromatic rings. The minimum atomic E-state index is -0.341.